The lowest BCUT2D eigenvalue weighted by Crippen LogP contribution is -2.11. The monoisotopic (exact) mass is 382 g/mol. The maximum Gasteiger partial charge on any atom is 0.269 e. The average Bonchev–Trinajstić information content (AvgIpc) is 3.09. The fourth-order valence-corrected chi connectivity index (χ4v) is 5.55. The van der Waals surface area contributed by atoms with Gasteiger partial charge in [-0.2, -0.15) is 0 Å². The van der Waals surface area contributed by atoms with Gasteiger partial charge in [0.1, 0.15) is 5.82 Å². The van der Waals surface area contributed by atoms with Crippen molar-refractivity contribution >= 4 is 27.3 Å². The Balaban J connectivity index is 1.60. The van der Waals surface area contributed by atoms with Gasteiger partial charge in [0.05, 0.1) is 16.4 Å². The van der Waals surface area contributed by atoms with Crippen molar-refractivity contribution in [2.45, 2.75) is 23.8 Å². The van der Waals surface area contributed by atoms with E-state index in [0.717, 1.165) is 16.5 Å². The molecular weight excluding hydrogens is 364 g/mol. The van der Waals surface area contributed by atoms with Gasteiger partial charge in [0.2, 0.25) is 0 Å². The Labute approximate surface area is 149 Å². The van der Waals surface area contributed by atoms with E-state index in [9.17, 15) is 18.5 Å². The third-order valence-electron chi connectivity index (χ3n) is 4.24. The van der Waals surface area contributed by atoms with Crippen molar-refractivity contribution < 1.29 is 13.3 Å². The summed E-state index contributed by atoms with van der Waals surface area (Å²) in [5.41, 5.74) is 1.03. The first-order valence-corrected chi connectivity index (χ1v) is 10.6. The Morgan fingerprint density at radius 2 is 2.04 bits per heavy atom. The van der Waals surface area contributed by atoms with E-state index in [1.54, 1.807) is 12.1 Å². The minimum absolute atomic E-state index is 0.0706. The van der Waals surface area contributed by atoms with Gasteiger partial charge in [-0.1, -0.05) is 23.9 Å². The minimum atomic E-state index is -2.89. The molecule has 0 N–H and O–H groups in total. The highest BCUT2D eigenvalue weighted by molar-refractivity contribution is 7.98. The number of hydrogen-bond donors (Lipinski definition) is 0. The van der Waals surface area contributed by atoms with E-state index in [4.69, 9.17) is 0 Å². The summed E-state index contributed by atoms with van der Waals surface area (Å²) in [6.07, 6.45) is 1.29. The summed E-state index contributed by atoms with van der Waals surface area (Å²) in [4.78, 5) is 10.2. The van der Waals surface area contributed by atoms with Crippen molar-refractivity contribution in [3.63, 3.8) is 0 Å². The molecule has 1 saturated heterocycles. The molecule has 1 atom stereocenters. The molecule has 0 spiro atoms. The zero-order valence-corrected chi connectivity index (χ0v) is 15.3. The normalized spacial score (nSPS) is 19.2. The number of nitro groups is 1. The maximum absolute atomic E-state index is 11.6. The number of aromatic nitrogens is 3. The van der Waals surface area contributed by atoms with Gasteiger partial charge in [-0.15, -0.1) is 10.2 Å². The van der Waals surface area contributed by atoms with E-state index in [0.29, 0.717) is 18.6 Å². The Bertz CT molecular complexity index is 877. The number of sulfone groups is 1. The number of hydrogen-bond acceptors (Lipinski definition) is 7. The highest BCUT2D eigenvalue weighted by Crippen LogP contribution is 2.25. The second-order valence-corrected chi connectivity index (χ2v) is 9.31. The number of non-ortho nitro benzene ring substituents is 1. The Hall–Kier alpha value is -1.94. The standard InChI is InChI=1S/C15H18N4O4S2/c1-18-14(8-12-6-7-25(22,23)10-12)16-17-15(18)24-9-11-2-4-13(5-3-11)19(20)21/h2-5,12H,6-10H2,1H3/t12-/m1/s1. The summed E-state index contributed by atoms with van der Waals surface area (Å²) in [6.45, 7) is 0. The fraction of sp³-hybridized carbons (Fsp3) is 0.467. The Kier molecular flexibility index (Phi) is 5.09. The topological polar surface area (TPSA) is 108 Å². The first-order valence-electron chi connectivity index (χ1n) is 7.79. The van der Waals surface area contributed by atoms with Crippen molar-refractivity contribution in [3.8, 4) is 0 Å². The number of benzene rings is 1. The van der Waals surface area contributed by atoms with Crippen molar-refractivity contribution in [3.05, 3.63) is 45.8 Å². The molecule has 0 amide bonds. The molecule has 0 bridgehead atoms. The summed E-state index contributed by atoms with van der Waals surface area (Å²) in [5.74, 6) is 2.01. The number of thioether (sulfide) groups is 1. The summed E-state index contributed by atoms with van der Waals surface area (Å²) in [5, 5.41) is 19.8. The predicted octanol–water partition coefficient (Wildman–Crippen LogP) is 1.99. The molecule has 1 aliphatic rings. The van der Waals surface area contributed by atoms with Crippen LogP contribution in [0, 0.1) is 16.0 Å². The molecule has 1 aromatic heterocycles. The van der Waals surface area contributed by atoms with Crippen LogP contribution in [-0.2, 0) is 29.1 Å². The van der Waals surface area contributed by atoms with Crippen molar-refractivity contribution in [2.24, 2.45) is 13.0 Å². The maximum atomic E-state index is 11.6. The van der Waals surface area contributed by atoms with Gasteiger partial charge < -0.3 is 4.57 Å². The molecule has 10 heteroatoms. The second-order valence-electron chi connectivity index (χ2n) is 6.14. The van der Waals surface area contributed by atoms with Crippen LogP contribution < -0.4 is 0 Å². The van der Waals surface area contributed by atoms with Gasteiger partial charge in [0, 0.05) is 31.4 Å². The van der Waals surface area contributed by atoms with E-state index in [2.05, 4.69) is 10.2 Å². The molecule has 134 valence electrons. The van der Waals surface area contributed by atoms with E-state index < -0.39 is 14.8 Å². The number of rotatable bonds is 6. The SMILES string of the molecule is Cn1c(C[C@H]2CCS(=O)(=O)C2)nnc1SCc1ccc([N+](=O)[O-])cc1. The molecule has 2 aromatic rings. The summed E-state index contributed by atoms with van der Waals surface area (Å²) in [6, 6.07) is 6.43. The average molecular weight is 382 g/mol. The molecule has 1 fully saturated rings. The van der Waals surface area contributed by atoms with Crippen LogP contribution in [-0.4, -0.2) is 39.6 Å². The predicted molar refractivity (Wildman–Crippen MR) is 94.1 cm³/mol. The summed E-state index contributed by atoms with van der Waals surface area (Å²) in [7, 11) is -1.02. The molecule has 1 aliphatic heterocycles. The van der Waals surface area contributed by atoms with Crippen molar-refractivity contribution in [1.82, 2.24) is 14.8 Å². The Morgan fingerprint density at radius 3 is 2.64 bits per heavy atom. The highest BCUT2D eigenvalue weighted by atomic mass is 32.2. The highest BCUT2D eigenvalue weighted by Gasteiger charge is 2.29. The first-order chi connectivity index (χ1) is 11.8. The molecule has 0 saturated carbocycles. The summed E-state index contributed by atoms with van der Waals surface area (Å²) < 4.78 is 25.0. The molecule has 25 heavy (non-hydrogen) atoms. The first kappa shape index (κ1) is 17.9. The van der Waals surface area contributed by atoms with E-state index >= 15 is 0 Å². The molecule has 1 aromatic carbocycles. The van der Waals surface area contributed by atoms with Crippen LogP contribution in [0.15, 0.2) is 29.4 Å². The lowest BCUT2D eigenvalue weighted by molar-refractivity contribution is -0.384. The number of nitro benzene ring substituents is 1. The van der Waals surface area contributed by atoms with Crippen molar-refractivity contribution in [2.75, 3.05) is 11.5 Å². The lowest BCUT2D eigenvalue weighted by Gasteiger charge is -2.07. The van der Waals surface area contributed by atoms with E-state index in [-0.39, 0.29) is 23.1 Å². The van der Waals surface area contributed by atoms with Gasteiger partial charge in [0.25, 0.3) is 5.69 Å². The molecular formula is C15H18N4O4S2. The van der Waals surface area contributed by atoms with Crippen LogP contribution in [0.25, 0.3) is 0 Å². The molecule has 0 radical (unpaired) electrons. The largest absolute Gasteiger partial charge is 0.309 e. The smallest absolute Gasteiger partial charge is 0.269 e. The van der Waals surface area contributed by atoms with E-state index in [1.165, 1.54) is 23.9 Å². The third kappa shape index (κ3) is 4.37. The van der Waals surface area contributed by atoms with Crippen LogP contribution in [0.3, 0.4) is 0 Å². The van der Waals surface area contributed by atoms with Crippen LogP contribution in [0.4, 0.5) is 5.69 Å². The molecule has 0 unspecified atom stereocenters. The van der Waals surface area contributed by atoms with Crippen LogP contribution in [0.2, 0.25) is 0 Å². The summed E-state index contributed by atoms with van der Waals surface area (Å²) >= 11 is 1.49. The van der Waals surface area contributed by atoms with Crippen LogP contribution in [0.1, 0.15) is 17.8 Å². The van der Waals surface area contributed by atoms with Gasteiger partial charge in [-0.25, -0.2) is 8.42 Å². The molecule has 3 rings (SSSR count). The van der Waals surface area contributed by atoms with Crippen LogP contribution >= 0.6 is 11.8 Å². The van der Waals surface area contributed by atoms with Crippen LogP contribution in [0.5, 0.6) is 0 Å². The second kappa shape index (κ2) is 7.12. The molecule has 0 aliphatic carbocycles. The quantitative estimate of drug-likeness (QED) is 0.427. The zero-order chi connectivity index (χ0) is 18.0. The lowest BCUT2D eigenvalue weighted by atomic mass is 10.1. The minimum Gasteiger partial charge on any atom is -0.309 e. The third-order valence-corrected chi connectivity index (χ3v) is 7.17. The molecule has 2 heterocycles. The molecule has 8 nitrogen and oxygen atoms in total. The zero-order valence-electron chi connectivity index (χ0n) is 13.7. The van der Waals surface area contributed by atoms with Gasteiger partial charge in [-0.3, -0.25) is 10.1 Å². The Morgan fingerprint density at radius 1 is 1.32 bits per heavy atom. The fourth-order valence-electron chi connectivity index (χ4n) is 2.80. The van der Waals surface area contributed by atoms with Gasteiger partial charge in [0.15, 0.2) is 15.0 Å². The van der Waals surface area contributed by atoms with E-state index in [1.807, 2.05) is 11.6 Å². The number of nitrogens with zero attached hydrogens (tertiary/aromatic N) is 4. The van der Waals surface area contributed by atoms with Gasteiger partial charge >= 0.3 is 0 Å². The van der Waals surface area contributed by atoms with Crippen molar-refractivity contribution in [1.29, 1.82) is 0 Å². The van der Waals surface area contributed by atoms with Gasteiger partial charge in [-0.05, 0) is 17.9 Å².